The molecule has 3 aliphatic rings. The van der Waals surface area contributed by atoms with Crippen LogP contribution in [0, 0.1) is 10.8 Å². The van der Waals surface area contributed by atoms with E-state index in [0.29, 0.717) is 0 Å². The first-order chi connectivity index (χ1) is 12.2. The molecule has 132 valence electrons. The number of hydrogen-bond acceptors (Lipinski definition) is 6. The van der Waals surface area contributed by atoms with Crippen LogP contribution in [0.5, 0.6) is 0 Å². The Kier molecular flexibility index (Phi) is 4.17. The second-order valence-corrected chi connectivity index (χ2v) is 7.08. The normalized spacial score (nSPS) is 22.9. The molecular formula is C18H23N5O2. The Balaban J connectivity index is 1.51. The Labute approximate surface area is 146 Å². The smallest absolute Gasteiger partial charge is 0.241 e. The van der Waals surface area contributed by atoms with Crippen molar-refractivity contribution >= 4 is 23.9 Å². The Morgan fingerprint density at radius 2 is 1.96 bits per heavy atom. The number of nitrogens with one attached hydrogen (secondary N) is 1. The van der Waals surface area contributed by atoms with Crippen LogP contribution in [-0.4, -0.2) is 36.2 Å². The molecule has 4 rings (SSSR count). The average molecular weight is 341 g/mol. The van der Waals surface area contributed by atoms with E-state index in [-0.39, 0.29) is 24.0 Å². The zero-order valence-electron chi connectivity index (χ0n) is 14.1. The highest BCUT2D eigenvalue weighted by Crippen LogP contribution is 2.30. The first-order valence-corrected chi connectivity index (χ1v) is 8.89. The van der Waals surface area contributed by atoms with Gasteiger partial charge in [-0.3, -0.25) is 9.80 Å². The molecule has 0 aromatic heterocycles. The molecule has 3 N–H and O–H groups in total. The van der Waals surface area contributed by atoms with Gasteiger partial charge in [0.15, 0.2) is 0 Å². The molecule has 7 nitrogen and oxygen atoms in total. The minimum Gasteiger partial charge on any atom is -0.371 e. The molecule has 25 heavy (non-hydrogen) atoms. The quantitative estimate of drug-likeness (QED) is 0.348. The number of nitroso groups, excluding NO2 is 1. The minimum atomic E-state index is -0.305. The van der Waals surface area contributed by atoms with Gasteiger partial charge in [-0.2, -0.15) is 4.91 Å². The largest absolute Gasteiger partial charge is 0.371 e. The number of nitrogens with two attached hydrogens (primary N) is 1. The van der Waals surface area contributed by atoms with Gasteiger partial charge < -0.3 is 10.2 Å². The number of anilines is 1. The Bertz CT molecular complexity index is 796. The molecule has 0 spiro atoms. The van der Waals surface area contributed by atoms with Crippen LogP contribution in [0.15, 0.2) is 23.4 Å². The lowest BCUT2D eigenvalue weighted by Crippen LogP contribution is -2.54. The average Bonchev–Trinajstić information content (AvgIpc) is 3.51. The summed E-state index contributed by atoms with van der Waals surface area (Å²) in [6.45, 7) is 1.70. The highest BCUT2D eigenvalue weighted by Gasteiger charge is 2.34. The molecule has 1 saturated carbocycles. The van der Waals surface area contributed by atoms with Crippen LogP contribution in [0.4, 0.5) is 5.69 Å². The highest BCUT2D eigenvalue weighted by atomic mass is 16.3. The third-order valence-electron chi connectivity index (χ3n) is 5.28. The lowest BCUT2D eigenvalue weighted by Gasteiger charge is -2.31. The molecule has 2 heterocycles. The second kappa shape index (κ2) is 6.48. The predicted octanol–water partition coefficient (Wildman–Crippen LogP) is -0.0181. The first-order valence-electron chi connectivity index (χ1n) is 8.89. The van der Waals surface area contributed by atoms with Crippen molar-refractivity contribution in [3.63, 3.8) is 0 Å². The summed E-state index contributed by atoms with van der Waals surface area (Å²) in [5.41, 5.74) is 1.15. The minimum absolute atomic E-state index is 0.00822. The van der Waals surface area contributed by atoms with Gasteiger partial charge in [0.05, 0.1) is 6.04 Å². The van der Waals surface area contributed by atoms with E-state index in [1.54, 1.807) is 0 Å². The number of fused-ring (bicyclic) bond motifs is 1. The first kappa shape index (κ1) is 16.1. The number of hydrazine groups is 1. The molecule has 1 aromatic rings. The monoisotopic (exact) mass is 341 g/mol. The Morgan fingerprint density at radius 3 is 2.64 bits per heavy atom. The van der Waals surface area contributed by atoms with Gasteiger partial charge in [0, 0.05) is 30.9 Å². The SMILES string of the molecule is NN(C(=O)C1CC1)C1C=c2ccc(N3CCC(N=O)CC3)cc2=CN1. The zero-order valence-corrected chi connectivity index (χ0v) is 14.1. The molecule has 1 saturated heterocycles. The van der Waals surface area contributed by atoms with Crippen LogP contribution in [0.2, 0.25) is 0 Å². The third-order valence-corrected chi connectivity index (χ3v) is 5.28. The van der Waals surface area contributed by atoms with Gasteiger partial charge in [-0.1, -0.05) is 11.2 Å². The van der Waals surface area contributed by atoms with Crippen LogP contribution in [0.1, 0.15) is 25.7 Å². The summed E-state index contributed by atoms with van der Waals surface area (Å²) in [6, 6.07) is 6.24. The van der Waals surface area contributed by atoms with Gasteiger partial charge >= 0.3 is 0 Å². The summed E-state index contributed by atoms with van der Waals surface area (Å²) in [6.07, 6.45) is 7.11. The molecule has 1 aliphatic carbocycles. The van der Waals surface area contributed by atoms with Crippen molar-refractivity contribution in [3.05, 3.63) is 33.5 Å². The van der Waals surface area contributed by atoms with Gasteiger partial charge in [0.2, 0.25) is 5.91 Å². The van der Waals surface area contributed by atoms with Crippen molar-refractivity contribution in [3.8, 4) is 0 Å². The molecule has 2 fully saturated rings. The van der Waals surface area contributed by atoms with Crippen LogP contribution >= 0.6 is 0 Å². The maximum atomic E-state index is 12.1. The van der Waals surface area contributed by atoms with Crippen LogP contribution in [0.3, 0.4) is 0 Å². The van der Waals surface area contributed by atoms with E-state index in [2.05, 4.69) is 33.6 Å². The number of carbonyl (C=O) groups excluding carboxylic acids is 1. The van der Waals surface area contributed by atoms with Crippen molar-refractivity contribution < 1.29 is 4.79 Å². The van der Waals surface area contributed by atoms with E-state index in [0.717, 1.165) is 54.9 Å². The molecule has 2 aliphatic heterocycles. The number of nitrogens with zero attached hydrogens (tertiary/aromatic N) is 3. The maximum Gasteiger partial charge on any atom is 0.241 e. The Morgan fingerprint density at radius 1 is 1.20 bits per heavy atom. The summed E-state index contributed by atoms with van der Waals surface area (Å²) in [5, 5.41) is 9.82. The number of hydrogen-bond donors (Lipinski definition) is 2. The van der Waals surface area contributed by atoms with E-state index in [4.69, 9.17) is 5.84 Å². The van der Waals surface area contributed by atoms with E-state index in [1.165, 1.54) is 5.01 Å². The molecule has 0 radical (unpaired) electrons. The van der Waals surface area contributed by atoms with Gasteiger partial charge in [-0.05, 0) is 54.3 Å². The lowest BCUT2D eigenvalue weighted by molar-refractivity contribution is -0.134. The van der Waals surface area contributed by atoms with Crippen LogP contribution in [0.25, 0.3) is 12.3 Å². The summed E-state index contributed by atoms with van der Waals surface area (Å²) < 4.78 is 0. The fourth-order valence-electron chi connectivity index (χ4n) is 3.50. The third kappa shape index (κ3) is 3.24. The molecular weight excluding hydrogens is 318 g/mol. The topological polar surface area (TPSA) is 91.0 Å². The number of rotatable bonds is 4. The maximum absolute atomic E-state index is 12.1. The fourth-order valence-corrected chi connectivity index (χ4v) is 3.50. The van der Waals surface area contributed by atoms with Gasteiger partial charge in [-0.15, -0.1) is 0 Å². The van der Waals surface area contributed by atoms with Crippen molar-refractivity contribution in [2.75, 3.05) is 18.0 Å². The molecule has 1 atom stereocenters. The van der Waals surface area contributed by atoms with Crippen molar-refractivity contribution in [1.29, 1.82) is 0 Å². The van der Waals surface area contributed by atoms with Gasteiger partial charge in [0.1, 0.15) is 6.17 Å². The highest BCUT2D eigenvalue weighted by molar-refractivity contribution is 5.81. The Hall–Kier alpha value is -2.41. The van der Waals surface area contributed by atoms with Gasteiger partial charge in [0.25, 0.3) is 0 Å². The summed E-state index contributed by atoms with van der Waals surface area (Å²) in [5.74, 6) is 6.10. The van der Waals surface area contributed by atoms with Crippen LogP contribution < -0.4 is 26.5 Å². The standard InChI is InChI=1S/C18H23N5O2/c19-23(18(24)12-1-2-12)17-10-13-3-4-16(9-14(13)11-20-17)22-7-5-15(21-25)6-8-22/h3-4,9-12,15,17,20H,1-2,5-8,19H2. The number of carbonyl (C=O) groups is 1. The van der Waals surface area contributed by atoms with Crippen molar-refractivity contribution in [2.45, 2.75) is 37.9 Å². The van der Waals surface area contributed by atoms with E-state index >= 15 is 0 Å². The van der Waals surface area contributed by atoms with Gasteiger partial charge in [-0.25, -0.2) is 5.84 Å². The second-order valence-electron chi connectivity index (χ2n) is 7.08. The van der Waals surface area contributed by atoms with E-state index in [1.807, 2.05) is 12.3 Å². The lowest BCUT2D eigenvalue weighted by atomic mass is 10.0. The summed E-state index contributed by atoms with van der Waals surface area (Å²) in [4.78, 5) is 25.1. The summed E-state index contributed by atoms with van der Waals surface area (Å²) >= 11 is 0. The van der Waals surface area contributed by atoms with Crippen LogP contribution in [-0.2, 0) is 4.79 Å². The molecule has 1 unspecified atom stereocenters. The van der Waals surface area contributed by atoms with Crippen molar-refractivity contribution in [2.24, 2.45) is 16.9 Å². The van der Waals surface area contributed by atoms with E-state index in [9.17, 15) is 9.70 Å². The predicted molar refractivity (Wildman–Crippen MR) is 96.3 cm³/mol. The molecule has 7 heteroatoms. The van der Waals surface area contributed by atoms with E-state index < -0.39 is 0 Å². The number of piperidine rings is 1. The number of benzene rings is 1. The molecule has 1 amide bonds. The van der Waals surface area contributed by atoms with Crippen molar-refractivity contribution in [1.82, 2.24) is 10.3 Å². The molecule has 1 aromatic carbocycles. The fraction of sp³-hybridized carbons (Fsp3) is 0.500. The number of amides is 1. The summed E-state index contributed by atoms with van der Waals surface area (Å²) in [7, 11) is 0. The zero-order chi connectivity index (χ0) is 17.4. The molecule has 0 bridgehead atoms.